The Morgan fingerprint density at radius 1 is 1.27 bits per heavy atom. The fourth-order valence-corrected chi connectivity index (χ4v) is 2.58. The van der Waals surface area contributed by atoms with Crippen molar-refractivity contribution in [2.24, 2.45) is 5.73 Å². The van der Waals surface area contributed by atoms with Crippen LogP contribution < -0.4 is 5.73 Å². The summed E-state index contributed by atoms with van der Waals surface area (Å²) in [5.41, 5.74) is 9.10. The standard InChI is InChI=1S/C13H20N2/c1-3-15(2)13(10-14)8-11-6-4-5-7-12(11)9-13/h4-7H,3,8-10,14H2,1-2H3. The molecule has 2 N–H and O–H groups in total. The largest absolute Gasteiger partial charge is 0.329 e. The topological polar surface area (TPSA) is 29.3 Å². The van der Waals surface area contributed by atoms with Crippen molar-refractivity contribution in [2.45, 2.75) is 25.3 Å². The van der Waals surface area contributed by atoms with Gasteiger partial charge in [-0.2, -0.15) is 0 Å². The van der Waals surface area contributed by atoms with Crippen LogP contribution in [0.2, 0.25) is 0 Å². The molecule has 82 valence electrons. The maximum atomic E-state index is 5.98. The van der Waals surface area contributed by atoms with Gasteiger partial charge in [-0.1, -0.05) is 31.2 Å². The van der Waals surface area contributed by atoms with Gasteiger partial charge in [0.05, 0.1) is 0 Å². The zero-order chi connectivity index (χ0) is 10.9. The summed E-state index contributed by atoms with van der Waals surface area (Å²) in [4.78, 5) is 2.40. The van der Waals surface area contributed by atoms with Gasteiger partial charge < -0.3 is 5.73 Å². The second kappa shape index (κ2) is 3.95. The first kappa shape index (κ1) is 10.7. The van der Waals surface area contributed by atoms with Crippen molar-refractivity contribution in [3.05, 3.63) is 35.4 Å². The van der Waals surface area contributed by atoms with Crippen LogP contribution >= 0.6 is 0 Å². The lowest BCUT2D eigenvalue weighted by Crippen LogP contribution is -2.52. The third kappa shape index (κ3) is 1.68. The molecule has 1 aliphatic carbocycles. The summed E-state index contributed by atoms with van der Waals surface area (Å²) < 4.78 is 0. The molecule has 0 spiro atoms. The molecule has 15 heavy (non-hydrogen) atoms. The van der Waals surface area contributed by atoms with Crippen molar-refractivity contribution in [3.63, 3.8) is 0 Å². The Bertz CT molecular complexity index is 321. The molecule has 1 aromatic carbocycles. The van der Waals surface area contributed by atoms with Gasteiger partial charge in [0.25, 0.3) is 0 Å². The lowest BCUT2D eigenvalue weighted by molar-refractivity contribution is 0.143. The molecule has 0 aromatic heterocycles. The van der Waals surface area contributed by atoms with E-state index in [0.717, 1.165) is 25.9 Å². The molecule has 0 unspecified atom stereocenters. The molecule has 0 bridgehead atoms. The summed E-state index contributed by atoms with van der Waals surface area (Å²) >= 11 is 0. The molecule has 0 saturated carbocycles. The molecule has 0 saturated heterocycles. The third-order valence-corrected chi connectivity index (χ3v) is 3.82. The van der Waals surface area contributed by atoms with Crippen LogP contribution in [0.1, 0.15) is 18.1 Å². The molecule has 0 heterocycles. The number of likely N-dealkylation sites (N-methyl/N-ethyl adjacent to an activating group) is 1. The maximum Gasteiger partial charge on any atom is 0.0409 e. The van der Waals surface area contributed by atoms with Gasteiger partial charge in [-0.05, 0) is 37.6 Å². The summed E-state index contributed by atoms with van der Waals surface area (Å²) in [7, 11) is 2.18. The highest BCUT2D eigenvalue weighted by Gasteiger charge is 2.38. The lowest BCUT2D eigenvalue weighted by atomic mass is 9.94. The highest BCUT2D eigenvalue weighted by molar-refractivity contribution is 5.36. The summed E-state index contributed by atoms with van der Waals surface area (Å²) in [6.45, 7) is 4.00. The van der Waals surface area contributed by atoms with Gasteiger partial charge in [-0.3, -0.25) is 4.90 Å². The van der Waals surface area contributed by atoms with E-state index in [0.29, 0.717) is 0 Å². The fraction of sp³-hybridized carbons (Fsp3) is 0.538. The number of rotatable bonds is 3. The quantitative estimate of drug-likeness (QED) is 0.807. The van der Waals surface area contributed by atoms with Crippen molar-refractivity contribution in [3.8, 4) is 0 Å². The van der Waals surface area contributed by atoms with Crippen LogP contribution in [0.15, 0.2) is 24.3 Å². The lowest BCUT2D eigenvalue weighted by Gasteiger charge is -2.37. The smallest absolute Gasteiger partial charge is 0.0409 e. The van der Waals surface area contributed by atoms with E-state index >= 15 is 0 Å². The molecule has 2 nitrogen and oxygen atoms in total. The van der Waals surface area contributed by atoms with Gasteiger partial charge in [-0.15, -0.1) is 0 Å². The first-order valence-electron chi connectivity index (χ1n) is 5.70. The predicted octanol–water partition coefficient (Wildman–Crippen LogP) is 1.43. The molecular weight excluding hydrogens is 184 g/mol. The van der Waals surface area contributed by atoms with Gasteiger partial charge >= 0.3 is 0 Å². The summed E-state index contributed by atoms with van der Waals surface area (Å²) in [5.74, 6) is 0. The van der Waals surface area contributed by atoms with Crippen LogP contribution in [0.5, 0.6) is 0 Å². The van der Waals surface area contributed by atoms with E-state index in [-0.39, 0.29) is 5.54 Å². The zero-order valence-electron chi connectivity index (χ0n) is 9.66. The average Bonchev–Trinajstić information content (AvgIpc) is 2.67. The van der Waals surface area contributed by atoms with E-state index in [1.54, 1.807) is 0 Å². The van der Waals surface area contributed by atoms with Crippen LogP contribution in [0, 0.1) is 0 Å². The van der Waals surface area contributed by atoms with Crippen molar-refractivity contribution in [2.75, 3.05) is 20.1 Å². The van der Waals surface area contributed by atoms with Gasteiger partial charge in [0.15, 0.2) is 0 Å². The number of nitrogens with two attached hydrogens (primary N) is 1. The van der Waals surface area contributed by atoms with Crippen LogP contribution in [0.3, 0.4) is 0 Å². The normalized spacial score (nSPS) is 18.1. The minimum absolute atomic E-state index is 0.165. The fourth-order valence-electron chi connectivity index (χ4n) is 2.58. The number of hydrogen-bond donors (Lipinski definition) is 1. The number of fused-ring (bicyclic) bond motifs is 1. The maximum absolute atomic E-state index is 5.98. The molecular formula is C13H20N2. The number of hydrogen-bond acceptors (Lipinski definition) is 2. The van der Waals surface area contributed by atoms with E-state index in [1.165, 1.54) is 11.1 Å². The molecule has 2 heteroatoms. The Labute approximate surface area is 92.1 Å². The van der Waals surface area contributed by atoms with Crippen LogP contribution in [-0.2, 0) is 12.8 Å². The predicted molar refractivity (Wildman–Crippen MR) is 63.9 cm³/mol. The van der Waals surface area contributed by atoms with E-state index in [1.807, 2.05) is 0 Å². The van der Waals surface area contributed by atoms with Crippen LogP contribution in [0.25, 0.3) is 0 Å². The molecule has 1 aromatic rings. The molecule has 0 fully saturated rings. The molecule has 0 atom stereocenters. The van der Waals surface area contributed by atoms with Crippen molar-refractivity contribution >= 4 is 0 Å². The third-order valence-electron chi connectivity index (χ3n) is 3.82. The van der Waals surface area contributed by atoms with Crippen LogP contribution in [0.4, 0.5) is 0 Å². The highest BCUT2D eigenvalue weighted by Crippen LogP contribution is 2.33. The van der Waals surface area contributed by atoms with Crippen molar-refractivity contribution in [1.29, 1.82) is 0 Å². The van der Waals surface area contributed by atoms with Gasteiger partial charge in [0.1, 0.15) is 0 Å². The Balaban J connectivity index is 2.29. The Kier molecular flexibility index (Phi) is 2.81. The monoisotopic (exact) mass is 204 g/mol. The molecule has 0 amide bonds. The highest BCUT2D eigenvalue weighted by atomic mass is 15.2. The number of benzene rings is 1. The first-order valence-corrected chi connectivity index (χ1v) is 5.70. The summed E-state index contributed by atoms with van der Waals surface area (Å²) in [6.07, 6.45) is 2.20. The van der Waals surface area contributed by atoms with Crippen molar-refractivity contribution in [1.82, 2.24) is 4.90 Å². The van der Waals surface area contributed by atoms with E-state index in [9.17, 15) is 0 Å². The second-order valence-corrected chi connectivity index (χ2v) is 4.56. The number of nitrogens with zero attached hydrogens (tertiary/aromatic N) is 1. The average molecular weight is 204 g/mol. The Morgan fingerprint density at radius 2 is 1.80 bits per heavy atom. The Morgan fingerprint density at radius 3 is 2.20 bits per heavy atom. The SMILES string of the molecule is CCN(C)C1(CN)Cc2ccccc2C1. The molecule has 1 aliphatic rings. The molecule has 0 aliphatic heterocycles. The summed E-state index contributed by atoms with van der Waals surface area (Å²) in [6, 6.07) is 8.71. The zero-order valence-corrected chi connectivity index (χ0v) is 9.66. The summed E-state index contributed by atoms with van der Waals surface area (Å²) in [5, 5.41) is 0. The first-order chi connectivity index (χ1) is 7.22. The van der Waals surface area contributed by atoms with Gasteiger partial charge in [-0.25, -0.2) is 0 Å². The van der Waals surface area contributed by atoms with Crippen molar-refractivity contribution < 1.29 is 0 Å². The second-order valence-electron chi connectivity index (χ2n) is 4.56. The minimum Gasteiger partial charge on any atom is -0.329 e. The van der Waals surface area contributed by atoms with E-state index in [4.69, 9.17) is 5.73 Å². The van der Waals surface area contributed by atoms with Crippen LogP contribution in [-0.4, -0.2) is 30.6 Å². The molecule has 0 radical (unpaired) electrons. The minimum atomic E-state index is 0.165. The van der Waals surface area contributed by atoms with Gasteiger partial charge in [0.2, 0.25) is 0 Å². The molecule has 2 rings (SSSR count). The van der Waals surface area contributed by atoms with E-state index in [2.05, 4.69) is 43.1 Å². The van der Waals surface area contributed by atoms with Gasteiger partial charge in [0, 0.05) is 12.1 Å². The van der Waals surface area contributed by atoms with E-state index < -0.39 is 0 Å². The Hall–Kier alpha value is -0.860.